The number of halogens is 1. The van der Waals surface area contributed by atoms with Gasteiger partial charge in [0, 0.05) is 26.9 Å². The molecule has 0 bridgehead atoms. The van der Waals surface area contributed by atoms with Crippen molar-refractivity contribution in [2.75, 3.05) is 0 Å². The lowest BCUT2D eigenvalue weighted by molar-refractivity contribution is 1.53. The Balaban J connectivity index is 1.43. The number of hydrogen-bond acceptors (Lipinski definition) is 0. The van der Waals surface area contributed by atoms with Crippen LogP contribution < -0.4 is 0 Å². The van der Waals surface area contributed by atoms with Gasteiger partial charge < -0.3 is 4.98 Å². The van der Waals surface area contributed by atoms with Gasteiger partial charge >= 0.3 is 0 Å². The van der Waals surface area contributed by atoms with E-state index in [1.54, 1.807) is 0 Å². The van der Waals surface area contributed by atoms with Crippen LogP contribution in [-0.2, 0) is 0 Å². The van der Waals surface area contributed by atoms with Crippen LogP contribution >= 0.6 is 11.6 Å². The number of H-pyrrole nitrogens is 1. The Morgan fingerprint density at radius 2 is 1.11 bits per heavy atom. The molecule has 0 unspecified atom stereocenters. The van der Waals surface area contributed by atoms with Crippen LogP contribution in [-0.4, -0.2) is 4.98 Å². The Bertz CT molecular complexity index is 1910. The van der Waals surface area contributed by atoms with Gasteiger partial charge in [0.05, 0.1) is 5.52 Å². The highest BCUT2D eigenvalue weighted by molar-refractivity contribution is 6.31. The van der Waals surface area contributed by atoms with E-state index in [1.807, 2.05) is 6.07 Å². The number of para-hydroxylation sites is 2. The third-order valence-corrected chi connectivity index (χ3v) is 7.32. The number of fused-ring (bicyclic) bond motifs is 4. The van der Waals surface area contributed by atoms with Gasteiger partial charge in [-0.1, -0.05) is 115 Å². The van der Waals surface area contributed by atoms with E-state index in [-0.39, 0.29) is 0 Å². The molecule has 6 aromatic carbocycles. The van der Waals surface area contributed by atoms with Gasteiger partial charge in [0.15, 0.2) is 0 Å². The maximum atomic E-state index is 6.53. The van der Waals surface area contributed by atoms with E-state index in [0.29, 0.717) is 0 Å². The van der Waals surface area contributed by atoms with Crippen molar-refractivity contribution >= 4 is 44.2 Å². The minimum atomic E-state index is 0.737. The quantitative estimate of drug-likeness (QED) is 0.259. The first-order valence-corrected chi connectivity index (χ1v) is 12.5. The first kappa shape index (κ1) is 21.0. The number of hydrogen-bond donors (Lipinski definition) is 1. The minimum absolute atomic E-state index is 0.737. The lowest BCUT2D eigenvalue weighted by Crippen LogP contribution is -1.89. The van der Waals surface area contributed by atoms with E-state index in [9.17, 15) is 0 Å². The first-order valence-electron chi connectivity index (χ1n) is 12.1. The smallest absolute Gasteiger partial charge is 0.0544 e. The molecule has 7 rings (SSSR count). The average molecular weight is 480 g/mol. The molecule has 0 aliphatic rings. The summed E-state index contributed by atoms with van der Waals surface area (Å²) in [5.74, 6) is 0. The van der Waals surface area contributed by atoms with Gasteiger partial charge in [0.1, 0.15) is 0 Å². The first-order chi connectivity index (χ1) is 17.8. The molecule has 0 aliphatic carbocycles. The van der Waals surface area contributed by atoms with E-state index in [4.69, 9.17) is 11.6 Å². The highest BCUT2D eigenvalue weighted by atomic mass is 35.5. The molecule has 0 radical (unpaired) electrons. The summed E-state index contributed by atoms with van der Waals surface area (Å²) in [5.41, 5.74) is 9.37. The summed E-state index contributed by atoms with van der Waals surface area (Å²) in [6, 6.07) is 45.0. The predicted molar refractivity (Wildman–Crippen MR) is 155 cm³/mol. The zero-order chi connectivity index (χ0) is 24.1. The van der Waals surface area contributed by atoms with Crippen molar-refractivity contribution in [2.45, 2.75) is 0 Å². The Labute approximate surface area is 214 Å². The van der Waals surface area contributed by atoms with Gasteiger partial charge in [-0.25, -0.2) is 0 Å². The van der Waals surface area contributed by atoms with E-state index >= 15 is 0 Å². The van der Waals surface area contributed by atoms with Gasteiger partial charge in [-0.15, -0.1) is 0 Å². The molecule has 1 heterocycles. The Morgan fingerprint density at radius 3 is 2.03 bits per heavy atom. The van der Waals surface area contributed by atoms with Crippen molar-refractivity contribution in [3.63, 3.8) is 0 Å². The predicted octanol–water partition coefficient (Wildman–Crippen LogP) is 10.1. The Hall–Kier alpha value is -4.33. The molecule has 1 N–H and O–H groups in total. The van der Waals surface area contributed by atoms with Crippen molar-refractivity contribution in [2.24, 2.45) is 0 Å². The standard InChI is InChI=1S/C34H22ClN/c35-25-18-19-27(32(21-25)29-15-6-9-22-8-1-2-12-26(22)29)23-10-5-11-24(20-23)28-14-7-16-31-30-13-3-4-17-33(30)36-34(28)31/h1-21,36H. The SMILES string of the molecule is Clc1ccc(-c2cccc(-c3cccc4c3[nH]c3ccccc34)c2)c(-c2cccc3ccccc23)c1. The fourth-order valence-corrected chi connectivity index (χ4v) is 5.59. The molecule has 7 aromatic rings. The Morgan fingerprint density at radius 1 is 0.444 bits per heavy atom. The summed E-state index contributed by atoms with van der Waals surface area (Å²) >= 11 is 6.53. The monoisotopic (exact) mass is 479 g/mol. The summed E-state index contributed by atoms with van der Waals surface area (Å²) in [6.07, 6.45) is 0. The fourth-order valence-electron chi connectivity index (χ4n) is 5.42. The number of aromatic nitrogens is 1. The van der Waals surface area contributed by atoms with Gasteiger partial charge in [0.2, 0.25) is 0 Å². The van der Waals surface area contributed by atoms with Crippen molar-refractivity contribution in [1.82, 2.24) is 4.98 Å². The maximum absolute atomic E-state index is 6.53. The molecule has 0 spiro atoms. The van der Waals surface area contributed by atoms with E-state index in [2.05, 4.69) is 126 Å². The third-order valence-electron chi connectivity index (χ3n) is 7.09. The van der Waals surface area contributed by atoms with Crippen LogP contribution in [0, 0.1) is 0 Å². The molecular formula is C34H22ClN. The van der Waals surface area contributed by atoms with Crippen molar-refractivity contribution in [3.8, 4) is 33.4 Å². The van der Waals surface area contributed by atoms with Crippen LogP contribution in [0.3, 0.4) is 0 Å². The molecule has 1 aromatic heterocycles. The van der Waals surface area contributed by atoms with Gasteiger partial charge in [0.25, 0.3) is 0 Å². The number of nitrogens with one attached hydrogen (secondary N) is 1. The fraction of sp³-hybridized carbons (Fsp3) is 0. The summed E-state index contributed by atoms with van der Waals surface area (Å²) in [4.78, 5) is 3.65. The summed E-state index contributed by atoms with van der Waals surface area (Å²) in [7, 11) is 0. The average Bonchev–Trinajstić information content (AvgIpc) is 3.32. The topological polar surface area (TPSA) is 15.8 Å². The van der Waals surface area contributed by atoms with Crippen LogP contribution in [0.1, 0.15) is 0 Å². The molecule has 2 heteroatoms. The molecule has 0 atom stereocenters. The van der Waals surface area contributed by atoms with Crippen LogP contribution in [0.25, 0.3) is 66.0 Å². The summed E-state index contributed by atoms with van der Waals surface area (Å²) in [5, 5.41) is 5.68. The highest BCUT2D eigenvalue weighted by Gasteiger charge is 2.14. The number of rotatable bonds is 3. The zero-order valence-corrected chi connectivity index (χ0v) is 20.3. The van der Waals surface area contributed by atoms with Gasteiger partial charge in [-0.05, 0) is 62.9 Å². The van der Waals surface area contributed by atoms with E-state index < -0.39 is 0 Å². The molecule has 0 saturated heterocycles. The van der Waals surface area contributed by atoms with Crippen LogP contribution in [0.15, 0.2) is 127 Å². The molecule has 0 fully saturated rings. The lowest BCUT2D eigenvalue weighted by atomic mass is 9.90. The number of benzene rings is 6. The third kappa shape index (κ3) is 3.40. The lowest BCUT2D eigenvalue weighted by Gasteiger charge is -2.14. The van der Waals surface area contributed by atoms with E-state index in [1.165, 1.54) is 54.9 Å². The summed E-state index contributed by atoms with van der Waals surface area (Å²) < 4.78 is 0. The molecular weight excluding hydrogens is 458 g/mol. The minimum Gasteiger partial charge on any atom is -0.354 e. The second kappa shape index (κ2) is 8.41. The van der Waals surface area contributed by atoms with Gasteiger partial charge in [-0.2, -0.15) is 0 Å². The maximum Gasteiger partial charge on any atom is 0.0544 e. The zero-order valence-electron chi connectivity index (χ0n) is 19.5. The second-order valence-electron chi connectivity index (χ2n) is 9.20. The van der Waals surface area contributed by atoms with Crippen molar-refractivity contribution in [3.05, 3.63) is 132 Å². The largest absolute Gasteiger partial charge is 0.354 e. The Kier molecular flexibility index (Phi) is 4.90. The molecule has 0 saturated carbocycles. The highest BCUT2D eigenvalue weighted by Crippen LogP contribution is 2.40. The normalized spacial score (nSPS) is 11.5. The summed E-state index contributed by atoms with van der Waals surface area (Å²) in [6.45, 7) is 0. The molecule has 1 nitrogen and oxygen atoms in total. The number of aromatic amines is 1. The molecule has 0 aliphatic heterocycles. The van der Waals surface area contributed by atoms with Gasteiger partial charge in [-0.3, -0.25) is 0 Å². The molecule has 170 valence electrons. The molecule has 0 amide bonds. The second-order valence-corrected chi connectivity index (χ2v) is 9.63. The van der Waals surface area contributed by atoms with E-state index in [0.717, 1.165) is 16.1 Å². The van der Waals surface area contributed by atoms with Crippen molar-refractivity contribution in [1.29, 1.82) is 0 Å². The molecule has 36 heavy (non-hydrogen) atoms. The van der Waals surface area contributed by atoms with Crippen LogP contribution in [0.4, 0.5) is 0 Å². The van der Waals surface area contributed by atoms with Crippen LogP contribution in [0.2, 0.25) is 5.02 Å². The van der Waals surface area contributed by atoms with Crippen molar-refractivity contribution < 1.29 is 0 Å². The van der Waals surface area contributed by atoms with Crippen LogP contribution in [0.5, 0.6) is 0 Å².